The first-order chi connectivity index (χ1) is 71.2. The van der Waals surface area contributed by atoms with Crippen molar-refractivity contribution >= 4 is 79.5 Å². The smallest absolute Gasteiger partial charge is 0.178 e. The van der Waals surface area contributed by atoms with Gasteiger partial charge in [-0.1, -0.05) is 450 Å². The Kier molecular flexibility index (Phi) is 20.9. The number of anilines is 6. The van der Waals surface area contributed by atoms with Crippen molar-refractivity contribution < 1.29 is 9.47 Å². The second kappa shape index (κ2) is 35.1. The highest BCUT2D eigenvalue weighted by atomic mass is 32.2. The Labute approximate surface area is 847 Å². The van der Waals surface area contributed by atoms with E-state index in [1.54, 1.807) is 0 Å². The van der Waals surface area contributed by atoms with Crippen LogP contribution in [-0.2, 0) is 16.2 Å². The van der Waals surface area contributed by atoms with Gasteiger partial charge in [-0.25, -0.2) is 0 Å². The maximum Gasteiger partial charge on any atom is 0.178 e. The maximum atomic E-state index is 6.89. The summed E-state index contributed by atoms with van der Waals surface area (Å²) < 4.78 is 15.9. The fourth-order valence-electron chi connectivity index (χ4n) is 23.9. The lowest BCUT2D eigenvalue weighted by atomic mass is 9.67. The van der Waals surface area contributed by atoms with E-state index < -0.39 is 10.8 Å². The average Bonchev–Trinajstić information content (AvgIpc) is 1.53. The lowest BCUT2D eigenvalue weighted by Crippen LogP contribution is -2.29. The van der Waals surface area contributed by atoms with Crippen LogP contribution in [0.15, 0.2) is 547 Å². The van der Waals surface area contributed by atoms with Crippen LogP contribution in [0.25, 0.3) is 117 Å². The van der Waals surface area contributed by atoms with Crippen molar-refractivity contribution in [3.8, 4) is 118 Å². The van der Waals surface area contributed by atoms with E-state index in [0.717, 1.165) is 95.5 Å². The van der Waals surface area contributed by atoms with Gasteiger partial charge in [0.15, 0.2) is 23.0 Å². The van der Waals surface area contributed by atoms with Gasteiger partial charge < -0.3 is 23.8 Å². The van der Waals surface area contributed by atoms with Gasteiger partial charge in [0.1, 0.15) is 0 Å². The summed E-state index contributed by atoms with van der Waals surface area (Å²) in [5, 5.41) is 2.51. The first kappa shape index (κ1) is 85.7. The topological polar surface area (TPSA) is 29.9 Å². The molecule has 2 unspecified atom stereocenters. The molecule has 680 valence electrons. The molecule has 144 heavy (non-hydrogen) atoms. The average molecular weight is 1880 g/mol. The summed E-state index contributed by atoms with van der Waals surface area (Å²) in [4.78, 5) is 10.2. The molecule has 3 aliphatic carbocycles. The highest BCUT2D eigenvalue weighted by molar-refractivity contribution is 8.05. The van der Waals surface area contributed by atoms with Gasteiger partial charge in [-0.15, -0.1) is 0 Å². The van der Waals surface area contributed by atoms with Crippen LogP contribution in [0.4, 0.5) is 34.1 Å². The van der Waals surface area contributed by atoms with Gasteiger partial charge in [0.25, 0.3) is 0 Å². The molecule has 23 aromatic rings. The Morgan fingerprint density at radius 1 is 0.236 bits per heavy atom. The zero-order valence-corrected chi connectivity index (χ0v) is 80.8. The Hall–Kier alpha value is -17.5. The Bertz CT molecular complexity index is 8850. The van der Waals surface area contributed by atoms with Gasteiger partial charge in [-0.2, -0.15) is 0 Å². The van der Waals surface area contributed by atoms with Crippen molar-refractivity contribution in [2.45, 2.75) is 49.7 Å². The second-order valence-electron chi connectivity index (χ2n) is 38.2. The molecule has 0 amide bonds. The lowest BCUT2D eigenvalue weighted by Gasteiger charge is -2.36. The first-order valence-corrected chi connectivity index (χ1v) is 51.1. The predicted octanol–water partition coefficient (Wildman–Crippen LogP) is 37.3. The molecular weight excluding hydrogens is 1780 g/mol. The van der Waals surface area contributed by atoms with Crippen LogP contribution in [0.2, 0.25) is 0 Å². The number of fused-ring (bicyclic) bond motifs is 18. The quantitative estimate of drug-likeness (QED) is 0.0958. The zero-order chi connectivity index (χ0) is 95.6. The van der Waals surface area contributed by atoms with Crippen LogP contribution >= 0.6 is 23.5 Å². The molecule has 0 radical (unpaired) electrons. The zero-order valence-electron chi connectivity index (χ0n) is 79.2. The molecule has 0 saturated carbocycles. The normalized spacial score (nSPS) is 14.8. The molecule has 5 nitrogen and oxygen atoms in total. The van der Waals surface area contributed by atoms with Crippen LogP contribution < -0.4 is 19.3 Å². The van der Waals surface area contributed by atoms with Crippen LogP contribution in [0.5, 0.6) is 23.0 Å². The van der Waals surface area contributed by atoms with Crippen molar-refractivity contribution in [1.29, 1.82) is 0 Å². The highest BCUT2D eigenvalue weighted by Crippen LogP contribution is 2.66. The van der Waals surface area contributed by atoms with Crippen LogP contribution in [-0.4, -0.2) is 4.57 Å². The van der Waals surface area contributed by atoms with Gasteiger partial charge in [-0.3, -0.25) is 0 Å². The number of para-hydroxylation sites is 6. The highest BCUT2D eigenvalue weighted by Gasteiger charge is 2.51. The van der Waals surface area contributed by atoms with Crippen molar-refractivity contribution in [3.63, 3.8) is 0 Å². The molecule has 28 rings (SSSR count). The monoisotopic (exact) mass is 1880 g/mol. The number of ether oxygens (including phenoxy) is 2. The SMILES string of the molecule is CC1(C)c2ccccc2-c2cccc(N(c3ccc(-c4ccccc4)cc3)c3ccc(C4(c5cccc(-n6c7ccccc7c7ccccc76)c5)c5ccccc5-c5c4ccc4c5Sc5ccccc5S4)cc3)c21.c1ccc(-c2ccccc2-c2ccc(C3(c4ccc(N(c5ccccc5)c5c(-c6ccccc6)cccc5-c5ccccc5)cc4)c4ccccc4-c4c3ccc3c4Oc4ccccc4O3)cc2)cc1. The summed E-state index contributed by atoms with van der Waals surface area (Å²) >= 11 is 3.81. The molecule has 0 fully saturated rings. The fraction of sp³-hybridized carbons (Fsp3) is 0.0365. The van der Waals surface area contributed by atoms with E-state index in [4.69, 9.17) is 9.47 Å². The molecule has 0 spiro atoms. The van der Waals surface area contributed by atoms with Crippen LogP contribution in [0.1, 0.15) is 69.5 Å². The van der Waals surface area contributed by atoms with Crippen LogP contribution in [0.3, 0.4) is 0 Å². The summed E-state index contributed by atoms with van der Waals surface area (Å²) in [5.74, 6) is 2.85. The van der Waals surface area contributed by atoms with E-state index in [2.05, 4.69) is 532 Å². The van der Waals surface area contributed by atoms with Crippen molar-refractivity contribution in [2.24, 2.45) is 0 Å². The van der Waals surface area contributed by atoms with Gasteiger partial charge in [0.05, 0.1) is 33.2 Å². The van der Waals surface area contributed by atoms with Crippen molar-refractivity contribution in [2.75, 3.05) is 9.80 Å². The fourth-order valence-corrected chi connectivity index (χ4v) is 26.3. The number of hydrogen-bond donors (Lipinski definition) is 0. The standard InChI is InChI=1S/C70H48N2S2.C67H45NO2/c1-69(2)57-27-10-6-22-52(57)55-26-17-31-62(67(55)69)71(49-38-34-46(35-39-49)45-18-4-3-5-19-45)50-40-36-47(37-41-50)70(48-20-16-21-51(44-48)72-60-29-12-8-23-53(60)54-24-9-13-30-61(54)72)58-28-11-7-25-56(58)66-59(70)42-43-65-68(66)74-64-33-15-14-32-63(64)73-65;1-5-20-46(21-6-1)54-28-13-14-29-55(54)49-36-38-50(39-37-49)67(59-33-16-15-30-58(59)64-60(67)44-45-63-66(64)70-62-35-18-17-34-61(62)69-63)51-40-42-53(43-41-51)68(52-26-11-4-12-27-52)65-56(47-22-7-2-8-23-47)31-19-32-57(65)48-24-9-3-10-25-48/h3-44H,1-2H3;1-45H. The molecular formula is C137H93N3O2S2. The summed E-state index contributed by atoms with van der Waals surface area (Å²) in [6, 6.07) is 193. The van der Waals surface area contributed by atoms with Gasteiger partial charge in [0.2, 0.25) is 0 Å². The largest absolute Gasteiger partial charge is 0.449 e. The number of rotatable bonds is 16. The van der Waals surface area contributed by atoms with E-state index in [0.29, 0.717) is 17.2 Å². The van der Waals surface area contributed by atoms with E-state index in [-0.39, 0.29) is 5.41 Å². The first-order valence-electron chi connectivity index (χ1n) is 49.5. The summed E-state index contributed by atoms with van der Waals surface area (Å²) in [7, 11) is 0. The van der Waals surface area contributed by atoms with Crippen LogP contribution in [0, 0.1) is 0 Å². The third kappa shape index (κ3) is 13.8. The predicted molar refractivity (Wildman–Crippen MR) is 597 cm³/mol. The third-order valence-corrected chi connectivity index (χ3v) is 32.8. The molecule has 0 bridgehead atoms. The molecule has 7 heteroatoms. The maximum absolute atomic E-state index is 6.89. The van der Waals surface area contributed by atoms with E-state index >= 15 is 0 Å². The van der Waals surface area contributed by atoms with E-state index in [1.165, 1.54) is 136 Å². The Balaban J connectivity index is 0.000000144. The molecule has 3 heterocycles. The minimum absolute atomic E-state index is 0.219. The third-order valence-electron chi connectivity index (χ3n) is 30.2. The molecule has 22 aromatic carbocycles. The molecule has 2 atom stereocenters. The number of nitrogens with zero attached hydrogens (tertiary/aromatic N) is 3. The number of benzene rings is 22. The summed E-state index contributed by atoms with van der Waals surface area (Å²) in [5.41, 5.74) is 40.1. The minimum atomic E-state index is -0.730. The molecule has 0 saturated heterocycles. The van der Waals surface area contributed by atoms with Crippen molar-refractivity contribution in [1.82, 2.24) is 4.57 Å². The molecule has 2 aliphatic heterocycles. The molecule has 1 aromatic heterocycles. The van der Waals surface area contributed by atoms with Crippen molar-refractivity contribution in [3.05, 3.63) is 583 Å². The molecule has 0 N–H and O–H groups in total. The van der Waals surface area contributed by atoms with Gasteiger partial charge in [0, 0.05) is 86.5 Å². The minimum Gasteiger partial charge on any atom is -0.449 e. The van der Waals surface area contributed by atoms with Gasteiger partial charge >= 0.3 is 0 Å². The van der Waals surface area contributed by atoms with Gasteiger partial charge in [-0.05, 0) is 238 Å². The lowest BCUT2D eigenvalue weighted by molar-refractivity contribution is 0.360. The molecule has 5 aliphatic rings. The second-order valence-corrected chi connectivity index (χ2v) is 40.4. The Morgan fingerprint density at radius 2 is 0.632 bits per heavy atom. The van der Waals surface area contributed by atoms with E-state index in [9.17, 15) is 0 Å². The summed E-state index contributed by atoms with van der Waals surface area (Å²) in [6.45, 7) is 4.78. The Morgan fingerprint density at radius 3 is 1.23 bits per heavy atom. The van der Waals surface area contributed by atoms with E-state index in [1.807, 2.05) is 47.8 Å². The summed E-state index contributed by atoms with van der Waals surface area (Å²) in [6.07, 6.45) is 0. The number of aromatic nitrogens is 1. The number of hydrogen-bond acceptors (Lipinski definition) is 6.